The zero-order valence-electron chi connectivity index (χ0n) is 9.44. The van der Waals surface area contributed by atoms with Gasteiger partial charge in [-0.25, -0.2) is 4.79 Å². The summed E-state index contributed by atoms with van der Waals surface area (Å²) < 4.78 is 9.31. The zero-order chi connectivity index (χ0) is 12.7. The van der Waals surface area contributed by atoms with E-state index >= 15 is 0 Å². The Morgan fingerprint density at radius 2 is 1.82 bits per heavy atom. The lowest BCUT2D eigenvalue weighted by atomic mass is 10.1. The van der Waals surface area contributed by atoms with Crippen molar-refractivity contribution in [2.75, 3.05) is 13.2 Å². The summed E-state index contributed by atoms with van der Waals surface area (Å²) in [7, 11) is 0. The molecule has 0 unspecified atom stereocenters. The van der Waals surface area contributed by atoms with E-state index in [9.17, 15) is 9.59 Å². The quantitative estimate of drug-likeness (QED) is 0.600. The maximum Gasteiger partial charge on any atom is 0.508 e. The molecule has 0 fully saturated rings. The maximum absolute atomic E-state index is 11.6. The summed E-state index contributed by atoms with van der Waals surface area (Å²) in [5.41, 5.74) is 0.442. The van der Waals surface area contributed by atoms with E-state index in [2.05, 4.69) is 9.47 Å². The highest BCUT2D eigenvalue weighted by Gasteiger charge is 2.10. The molecular formula is C12H13ClO4. The molecule has 1 aromatic rings. The van der Waals surface area contributed by atoms with Crippen molar-refractivity contribution in [1.82, 2.24) is 0 Å². The third-order valence-corrected chi connectivity index (χ3v) is 2.16. The number of hydrogen-bond donors (Lipinski definition) is 0. The van der Waals surface area contributed by atoms with E-state index in [1.54, 1.807) is 24.3 Å². The minimum Gasteiger partial charge on any atom is -0.434 e. The van der Waals surface area contributed by atoms with Gasteiger partial charge < -0.3 is 9.47 Å². The highest BCUT2D eigenvalue weighted by molar-refractivity contribution is 6.30. The fourth-order valence-electron chi connectivity index (χ4n) is 1.07. The molecule has 17 heavy (non-hydrogen) atoms. The second kappa shape index (κ2) is 6.91. The lowest BCUT2D eigenvalue weighted by molar-refractivity contribution is 0.0498. The Bertz CT molecular complexity index is 386. The average molecular weight is 257 g/mol. The van der Waals surface area contributed by atoms with Crippen LogP contribution in [-0.4, -0.2) is 25.2 Å². The van der Waals surface area contributed by atoms with E-state index in [1.807, 2.05) is 6.92 Å². The van der Waals surface area contributed by atoms with Gasteiger partial charge in [0.25, 0.3) is 0 Å². The highest BCUT2D eigenvalue weighted by Crippen LogP contribution is 2.10. The topological polar surface area (TPSA) is 52.6 Å². The van der Waals surface area contributed by atoms with Crippen LogP contribution in [0.2, 0.25) is 5.02 Å². The van der Waals surface area contributed by atoms with E-state index in [4.69, 9.17) is 11.6 Å². The monoisotopic (exact) mass is 256 g/mol. The van der Waals surface area contributed by atoms with Crippen molar-refractivity contribution in [3.05, 3.63) is 34.9 Å². The van der Waals surface area contributed by atoms with E-state index in [1.165, 1.54) is 0 Å². The number of Topliss-reactive ketones (excluding diaryl/α,β-unsaturated/α-hetero) is 1. The maximum atomic E-state index is 11.6. The summed E-state index contributed by atoms with van der Waals surface area (Å²) in [4.78, 5) is 22.5. The van der Waals surface area contributed by atoms with Gasteiger partial charge in [0.05, 0.1) is 6.61 Å². The molecule has 0 aliphatic rings. The van der Waals surface area contributed by atoms with Gasteiger partial charge in [0, 0.05) is 10.6 Å². The van der Waals surface area contributed by atoms with E-state index in [0.29, 0.717) is 17.0 Å². The molecule has 0 aromatic heterocycles. The van der Waals surface area contributed by atoms with Crippen LogP contribution < -0.4 is 0 Å². The SMILES string of the molecule is CCCOC(=O)OCC(=O)c1ccc(Cl)cc1. The van der Waals surface area contributed by atoms with Gasteiger partial charge >= 0.3 is 6.16 Å². The van der Waals surface area contributed by atoms with E-state index in [0.717, 1.165) is 0 Å². The third-order valence-electron chi connectivity index (χ3n) is 1.91. The van der Waals surface area contributed by atoms with E-state index in [-0.39, 0.29) is 19.0 Å². The molecule has 1 aromatic carbocycles. The number of ether oxygens (including phenoxy) is 2. The predicted octanol–water partition coefficient (Wildman–Crippen LogP) is 3.09. The van der Waals surface area contributed by atoms with Gasteiger partial charge in [-0.2, -0.15) is 0 Å². The number of carbonyl (C=O) groups is 2. The van der Waals surface area contributed by atoms with Crippen molar-refractivity contribution in [2.45, 2.75) is 13.3 Å². The number of benzene rings is 1. The van der Waals surface area contributed by atoms with Crippen LogP contribution in [0.15, 0.2) is 24.3 Å². The van der Waals surface area contributed by atoms with Gasteiger partial charge in [-0.1, -0.05) is 18.5 Å². The van der Waals surface area contributed by atoms with Gasteiger partial charge in [0.15, 0.2) is 12.4 Å². The number of carbonyl (C=O) groups excluding carboxylic acids is 2. The molecular weight excluding hydrogens is 244 g/mol. The number of halogens is 1. The normalized spacial score (nSPS) is 9.76. The first-order chi connectivity index (χ1) is 8.13. The molecule has 4 nitrogen and oxygen atoms in total. The first kappa shape index (κ1) is 13.5. The molecule has 0 saturated heterocycles. The van der Waals surface area contributed by atoms with Crippen molar-refractivity contribution in [1.29, 1.82) is 0 Å². The van der Waals surface area contributed by atoms with Crippen molar-refractivity contribution in [3.63, 3.8) is 0 Å². The zero-order valence-corrected chi connectivity index (χ0v) is 10.2. The molecule has 92 valence electrons. The smallest absolute Gasteiger partial charge is 0.434 e. The molecule has 0 atom stereocenters. The first-order valence-electron chi connectivity index (χ1n) is 5.21. The molecule has 5 heteroatoms. The van der Waals surface area contributed by atoms with Crippen molar-refractivity contribution in [3.8, 4) is 0 Å². The number of rotatable bonds is 5. The molecule has 0 spiro atoms. The van der Waals surface area contributed by atoms with Crippen LogP contribution in [0.5, 0.6) is 0 Å². The Morgan fingerprint density at radius 3 is 2.41 bits per heavy atom. The second-order valence-corrected chi connectivity index (χ2v) is 3.75. The standard InChI is InChI=1S/C12H13ClO4/c1-2-7-16-12(15)17-8-11(14)9-3-5-10(13)6-4-9/h3-6H,2,7-8H2,1H3. The van der Waals surface area contributed by atoms with Crippen LogP contribution in [0.1, 0.15) is 23.7 Å². The molecule has 0 aliphatic carbocycles. The number of ketones is 1. The molecule has 0 aliphatic heterocycles. The minimum atomic E-state index is -0.825. The van der Waals surface area contributed by atoms with Gasteiger partial charge in [-0.15, -0.1) is 0 Å². The number of hydrogen-bond acceptors (Lipinski definition) is 4. The Morgan fingerprint density at radius 1 is 1.18 bits per heavy atom. The van der Waals surface area contributed by atoms with Crippen LogP contribution >= 0.6 is 11.6 Å². The van der Waals surface area contributed by atoms with Gasteiger partial charge in [0.2, 0.25) is 0 Å². The summed E-state index contributed by atoms with van der Waals surface area (Å²) in [6, 6.07) is 6.35. The molecule has 0 saturated carbocycles. The average Bonchev–Trinajstić information content (AvgIpc) is 2.34. The largest absolute Gasteiger partial charge is 0.508 e. The highest BCUT2D eigenvalue weighted by atomic mass is 35.5. The van der Waals surface area contributed by atoms with Crippen molar-refractivity contribution >= 4 is 23.5 Å². The molecule has 0 radical (unpaired) electrons. The second-order valence-electron chi connectivity index (χ2n) is 3.32. The molecule has 0 amide bonds. The Labute approximate surface area is 104 Å². The molecule has 0 bridgehead atoms. The van der Waals surface area contributed by atoms with Crippen molar-refractivity contribution < 1.29 is 19.1 Å². The van der Waals surface area contributed by atoms with Gasteiger partial charge in [-0.3, -0.25) is 4.79 Å². The Kier molecular flexibility index (Phi) is 5.49. The van der Waals surface area contributed by atoms with Crippen LogP contribution in [0.4, 0.5) is 4.79 Å². The Balaban J connectivity index is 2.39. The van der Waals surface area contributed by atoms with Gasteiger partial charge in [0.1, 0.15) is 0 Å². The molecule has 0 N–H and O–H groups in total. The van der Waals surface area contributed by atoms with Crippen LogP contribution in [0.25, 0.3) is 0 Å². The van der Waals surface area contributed by atoms with Crippen LogP contribution in [-0.2, 0) is 9.47 Å². The fraction of sp³-hybridized carbons (Fsp3) is 0.333. The van der Waals surface area contributed by atoms with Crippen LogP contribution in [0.3, 0.4) is 0 Å². The van der Waals surface area contributed by atoms with Crippen LogP contribution in [0, 0.1) is 0 Å². The third kappa shape index (κ3) is 4.87. The summed E-state index contributed by atoms with van der Waals surface area (Å²) >= 11 is 5.68. The summed E-state index contributed by atoms with van der Waals surface area (Å²) in [6.07, 6.45) is -0.116. The first-order valence-corrected chi connectivity index (χ1v) is 5.59. The van der Waals surface area contributed by atoms with E-state index < -0.39 is 6.16 Å². The fourth-order valence-corrected chi connectivity index (χ4v) is 1.20. The van der Waals surface area contributed by atoms with Gasteiger partial charge in [-0.05, 0) is 30.7 Å². The predicted molar refractivity (Wildman–Crippen MR) is 63.4 cm³/mol. The summed E-state index contributed by atoms with van der Waals surface area (Å²) in [5, 5.41) is 0.546. The van der Waals surface area contributed by atoms with Crippen molar-refractivity contribution in [2.24, 2.45) is 0 Å². The minimum absolute atomic E-state index is 0.286. The lowest BCUT2D eigenvalue weighted by Crippen LogP contribution is -2.15. The lowest BCUT2D eigenvalue weighted by Gasteiger charge is -2.04. The molecule has 0 heterocycles. The Hall–Kier alpha value is -1.55. The summed E-state index contributed by atoms with van der Waals surface area (Å²) in [5.74, 6) is -0.296. The summed E-state index contributed by atoms with van der Waals surface area (Å²) in [6.45, 7) is 1.82. The molecule has 1 rings (SSSR count).